The monoisotopic (exact) mass is 1710 g/mol. The van der Waals surface area contributed by atoms with Crippen LogP contribution in [0.4, 0.5) is 69.7 Å². The molecular formula is C97H93ClF5N9O12. The van der Waals surface area contributed by atoms with Crippen LogP contribution >= 0.6 is 11.6 Å². The van der Waals surface area contributed by atoms with Gasteiger partial charge >= 0.3 is 24.4 Å². The first kappa shape index (κ1) is 93.7. The summed E-state index contributed by atoms with van der Waals surface area (Å²) in [7, 11) is 5.81. The van der Waals surface area contributed by atoms with Gasteiger partial charge in [-0.15, -0.1) is 0 Å². The topological polar surface area (TPSA) is 264 Å². The van der Waals surface area contributed by atoms with E-state index in [1.165, 1.54) is 89.0 Å². The van der Waals surface area contributed by atoms with Gasteiger partial charge in [0.05, 0.1) is 49.2 Å². The predicted octanol–water partition coefficient (Wildman–Crippen LogP) is 21.9. The van der Waals surface area contributed by atoms with E-state index in [4.69, 9.17) is 36.3 Å². The number of aromatic nitrogens is 4. The van der Waals surface area contributed by atoms with Gasteiger partial charge in [0.15, 0.2) is 23.1 Å². The van der Waals surface area contributed by atoms with Crippen molar-refractivity contribution >= 4 is 87.7 Å². The number of amides is 4. The fraction of sp³-hybridized carbons (Fsp3) is 0.216. The van der Waals surface area contributed by atoms with Gasteiger partial charge in [0.2, 0.25) is 5.95 Å². The van der Waals surface area contributed by atoms with Gasteiger partial charge in [-0.25, -0.2) is 51.7 Å². The predicted molar refractivity (Wildman–Crippen MR) is 471 cm³/mol. The summed E-state index contributed by atoms with van der Waals surface area (Å²) >= 11 is 5.77. The van der Waals surface area contributed by atoms with E-state index in [0.717, 1.165) is 69.8 Å². The number of halogens is 6. The Kier molecular flexibility index (Phi) is 34.8. The van der Waals surface area contributed by atoms with Crippen LogP contribution in [-0.4, -0.2) is 122 Å². The van der Waals surface area contributed by atoms with Gasteiger partial charge in [-0.2, -0.15) is 4.39 Å². The second-order valence-corrected chi connectivity index (χ2v) is 28.5. The Morgan fingerprint density at radius 2 is 0.565 bits per heavy atom. The highest BCUT2D eigenvalue weighted by Crippen LogP contribution is 2.33. The van der Waals surface area contributed by atoms with E-state index in [-0.39, 0.29) is 78.7 Å². The first-order valence-electron chi connectivity index (χ1n) is 39.7. The Balaban J connectivity index is 0.000000187. The summed E-state index contributed by atoms with van der Waals surface area (Å²) < 4.78 is 90.7. The number of carbonyl (C=O) groups is 8. The number of hydrogen-bond acceptors (Lipinski definition) is 17. The number of anilines is 5. The van der Waals surface area contributed by atoms with E-state index in [0.29, 0.717) is 100 Å². The van der Waals surface area contributed by atoms with Gasteiger partial charge in [0.25, 0.3) is 0 Å². The number of Topliss-reactive ketones (excluding diaryl/α,β-unsaturated/α-hetero) is 4. The molecule has 0 saturated carbocycles. The van der Waals surface area contributed by atoms with Crippen molar-refractivity contribution in [3.05, 3.63) is 328 Å². The van der Waals surface area contributed by atoms with E-state index < -0.39 is 53.6 Å². The lowest BCUT2D eigenvalue weighted by Gasteiger charge is -2.17. The van der Waals surface area contributed by atoms with Gasteiger partial charge in [-0.05, 0) is 200 Å². The highest BCUT2D eigenvalue weighted by molar-refractivity contribution is 6.29. The maximum absolute atomic E-state index is 14.6. The summed E-state index contributed by atoms with van der Waals surface area (Å²) in [5, 5.41) is 0.419. The molecule has 640 valence electrons. The molecule has 0 aliphatic rings. The van der Waals surface area contributed by atoms with E-state index in [2.05, 4.69) is 19.9 Å². The average molecular weight is 1710 g/mol. The standard InChI is InChI=1S/C25H25FN2O3.C24H22ClFN2O3.C24H22F2N2O3.C24H24FN3O3/c1-4-31-25(30)28(3)23-13-12-21(15-22(23)26)19-8-10-20(11-9-19)24(29)14-7-18-6-5-17(2)27-16-18;1-3-31-24(30)28(2)21-11-10-19(14-20(21)26)17-6-8-18(9-7-17)22(29)12-4-16-5-13-23(25)27-15-16;2*1-3-31-24(30)28(2)21-11-10-19(14-20(21)25)17-6-8-18(9-7-17)22(29)12-4-16-5-13-23(26)27-15-16/h5-6,8-13,15-16H,4,7,14H2,1-3H3;2*5-11,13-15H,3-4,12H2,1-2H3;5-11,13-15H,3-4,12H2,1-2H3,(H2,26,27). The summed E-state index contributed by atoms with van der Waals surface area (Å²) in [4.78, 5) is 117. The fourth-order valence-corrected chi connectivity index (χ4v) is 12.6. The number of carbonyl (C=O) groups excluding carboxylic acids is 8. The quantitative estimate of drug-likeness (QED) is 0.0207. The van der Waals surface area contributed by atoms with E-state index in [1.54, 1.807) is 186 Å². The van der Waals surface area contributed by atoms with Crippen LogP contribution in [0.15, 0.2) is 243 Å². The van der Waals surface area contributed by atoms with Crippen molar-refractivity contribution in [2.45, 2.75) is 86.0 Å². The minimum atomic E-state index is -0.631. The number of pyridine rings is 4. The molecule has 0 fully saturated rings. The number of ether oxygens (including phenoxy) is 4. The Bertz CT molecular complexity index is 4970. The van der Waals surface area contributed by atoms with Crippen molar-refractivity contribution in [3.63, 3.8) is 0 Å². The van der Waals surface area contributed by atoms with Crippen molar-refractivity contribution in [3.8, 4) is 44.5 Å². The molecule has 12 aromatic rings. The molecule has 0 bridgehead atoms. The number of rotatable bonds is 28. The molecule has 0 aliphatic carbocycles. The molecule has 4 aromatic heterocycles. The van der Waals surface area contributed by atoms with E-state index in [9.17, 15) is 60.3 Å². The van der Waals surface area contributed by atoms with Gasteiger partial charge < -0.3 is 24.7 Å². The summed E-state index contributed by atoms with van der Waals surface area (Å²) in [6.07, 6.45) is 7.70. The second-order valence-electron chi connectivity index (χ2n) is 28.1. The van der Waals surface area contributed by atoms with Crippen LogP contribution in [0.1, 0.15) is 123 Å². The minimum Gasteiger partial charge on any atom is -0.449 e. The molecule has 0 unspecified atom stereocenters. The molecule has 0 radical (unpaired) electrons. The SMILES string of the molecule is CCOC(=O)N(C)c1ccc(-c2ccc(C(=O)CCc3ccc(C)nc3)cc2)cc1F.CCOC(=O)N(C)c1ccc(-c2ccc(C(=O)CCc3ccc(Cl)nc3)cc2)cc1F.CCOC(=O)N(C)c1ccc(-c2ccc(C(=O)CCc3ccc(F)nc3)cc2)cc1F.CCOC(=O)N(C)c1ccc(-c2ccc(C(=O)CCc3ccc(N)nc3)cc2)cc1F. The molecule has 2 N–H and O–H groups in total. The van der Waals surface area contributed by atoms with Crippen LogP contribution < -0.4 is 25.3 Å². The normalized spacial score (nSPS) is 10.6. The lowest BCUT2D eigenvalue weighted by molar-refractivity contribution is 0.0975. The van der Waals surface area contributed by atoms with Gasteiger partial charge in [0, 0.05) is 107 Å². The Morgan fingerprint density at radius 3 is 0.790 bits per heavy atom. The Labute approximate surface area is 721 Å². The molecule has 0 aliphatic heterocycles. The maximum atomic E-state index is 14.6. The summed E-state index contributed by atoms with van der Waals surface area (Å²) in [5.74, 6) is -2.24. The number of aryl methyl sites for hydroxylation is 5. The van der Waals surface area contributed by atoms with Gasteiger partial charge in [-0.3, -0.25) is 43.8 Å². The third-order valence-electron chi connectivity index (χ3n) is 19.5. The maximum Gasteiger partial charge on any atom is 0.414 e. The number of benzene rings is 8. The molecule has 21 nitrogen and oxygen atoms in total. The van der Waals surface area contributed by atoms with Crippen molar-refractivity contribution in [1.82, 2.24) is 19.9 Å². The average Bonchev–Trinajstić information content (AvgIpc) is 0.828. The zero-order chi connectivity index (χ0) is 89.5. The van der Waals surface area contributed by atoms with Crippen LogP contribution in [0.5, 0.6) is 0 Å². The zero-order valence-electron chi connectivity index (χ0n) is 69.9. The largest absolute Gasteiger partial charge is 0.449 e. The molecule has 0 spiro atoms. The highest BCUT2D eigenvalue weighted by atomic mass is 35.5. The molecule has 27 heteroatoms. The number of nitrogens with zero attached hydrogens (tertiary/aromatic N) is 8. The van der Waals surface area contributed by atoms with Crippen molar-refractivity contribution in [2.75, 3.05) is 80.0 Å². The highest BCUT2D eigenvalue weighted by Gasteiger charge is 2.23. The lowest BCUT2D eigenvalue weighted by atomic mass is 9.99. The van der Waals surface area contributed by atoms with E-state index >= 15 is 0 Å². The molecule has 8 aromatic carbocycles. The summed E-state index contributed by atoms with van der Waals surface area (Å²) in [6, 6.07) is 60.3. The Morgan fingerprint density at radius 1 is 0.315 bits per heavy atom. The molecule has 0 saturated heterocycles. The van der Waals surface area contributed by atoms with Crippen LogP contribution in [0, 0.1) is 36.1 Å². The van der Waals surface area contributed by atoms with Gasteiger partial charge in [-0.1, -0.05) is 157 Å². The zero-order valence-corrected chi connectivity index (χ0v) is 70.7. The number of nitrogen functional groups attached to an aromatic ring is 1. The first-order valence-corrected chi connectivity index (χ1v) is 40.1. The summed E-state index contributed by atoms with van der Waals surface area (Å²) in [5.41, 5.74) is 18.7. The number of nitrogens with two attached hydrogens (primary N) is 1. The molecular weight excluding hydrogens is 1610 g/mol. The molecule has 12 rings (SSSR count). The van der Waals surface area contributed by atoms with Crippen LogP contribution in [0.3, 0.4) is 0 Å². The molecule has 124 heavy (non-hydrogen) atoms. The molecule has 0 atom stereocenters. The van der Waals surface area contributed by atoms with E-state index in [1.807, 2.05) is 31.2 Å². The third kappa shape index (κ3) is 26.9. The minimum absolute atomic E-state index is 0.0130. The fourth-order valence-electron chi connectivity index (χ4n) is 12.5. The van der Waals surface area contributed by atoms with Crippen LogP contribution in [0.2, 0.25) is 5.15 Å². The second kappa shape index (κ2) is 46.0. The Hall–Kier alpha value is -14.1. The van der Waals surface area contributed by atoms with Crippen LogP contribution in [0.25, 0.3) is 44.5 Å². The van der Waals surface area contributed by atoms with Gasteiger partial charge in [0.1, 0.15) is 34.2 Å². The number of hydrogen-bond donors (Lipinski definition) is 1. The molecule has 4 heterocycles. The number of ketones is 4. The van der Waals surface area contributed by atoms with Crippen molar-refractivity contribution in [2.24, 2.45) is 0 Å². The lowest BCUT2D eigenvalue weighted by Crippen LogP contribution is -2.27. The van der Waals surface area contributed by atoms with Crippen molar-refractivity contribution in [1.29, 1.82) is 0 Å². The van der Waals surface area contributed by atoms with Crippen molar-refractivity contribution < 1.29 is 79.3 Å². The first-order chi connectivity index (χ1) is 59.5. The third-order valence-corrected chi connectivity index (χ3v) is 19.7. The molecule has 4 amide bonds. The van der Waals surface area contributed by atoms with Crippen LogP contribution in [-0.2, 0) is 44.6 Å². The summed E-state index contributed by atoms with van der Waals surface area (Å²) in [6.45, 7) is 9.52. The smallest absolute Gasteiger partial charge is 0.414 e.